The van der Waals surface area contributed by atoms with Crippen LogP contribution in [0.15, 0.2) is 18.3 Å². The first-order chi connectivity index (χ1) is 9.43. The van der Waals surface area contributed by atoms with Crippen molar-refractivity contribution in [2.45, 2.75) is 38.5 Å². The number of hydrogen-bond donors (Lipinski definition) is 0. The third-order valence-corrected chi connectivity index (χ3v) is 2.30. The van der Waals surface area contributed by atoms with E-state index in [-0.39, 0.29) is 12.3 Å². The molecule has 0 spiro atoms. The zero-order valence-corrected chi connectivity index (χ0v) is 10.9. The Kier molecular flexibility index (Phi) is 6.20. The van der Waals surface area contributed by atoms with Gasteiger partial charge in [-0.3, -0.25) is 4.79 Å². The third-order valence-electron chi connectivity index (χ3n) is 2.30. The van der Waals surface area contributed by atoms with Gasteiger partial charge >= 0.3 is 12.1 Å². The molecule has 1 aromatic heterocycles. The van der Waals surface area contributed by atoms with Crippen LogP contribution in [0.1, 0.15) is 26.2 Å². The predicted molar refractivity (Wildman–Crippen MR) is 63.0 cm³/mol. The van der Waals surface area contributed by atoms with Crippen molar-refractivity contribution in [3.05, 3.63) is 18.3 Å². The Balaban J connectivity index is 2.55. The molecule has 1 unspecified atom stereocenters. The van der Waals surface area contributed by atoms with Crippen LogP contribution in [0.25, 0.3) is 0 Å². The van der Waals surface area contributed by atoms with Crippen LogP contribution in [0.2, 0.25) is 0 Å². The highest BCUT2D eigenvalue weighted by molar-refractivity contribution is 5.69. The van der Waals surface area contributed by atoms with E-state index in [9.17, 15) is 18.0 Å². The Morgan fingerprint density at radius 2 is 2.20 bits per heavy atom. The minimum Gasteiger partial charge on any atom is -0.472 e. The number of carbonyl (C=O) groups is 1. The van der Waals surface area contributed by atoms with Crippen molar-refractivity contribution >= 4 is 5.97 Å². The average Bonchev–Trinajstić information content (AvgIpc) is 2.41. The minimum atomic E-state index is -4.69. The number of halogens is 3. The van der Waals surface area contributed by atoms with Crippen molar-refractivity contribution in [1.82, 2.24) is 10.2 Å². The number of alkyl halides is 3. The highest BCUT2D eigenvalue weighted by Gasteiger charge is 2.43. The molecule has 1 aromatic rings. The fourth-order valence-electron chi connectivity index (χ4n) is 1.26. The maximum atomic E-state index is 12.7. The Hall–Kier alpha value is -1.86. The van der Waals surface area contributed by atoms with Crippen LogP contribution in [0.3, 0.4) is 0 Å². The summed E-state index contributed by atoms with van der Waals surface area (Å²) < 4.78 is 47.4. The van der Waals surface area contributed by atoms with E-state index >= 15 is 0 Å². The van der Waals surface area contributed by atoms with E-state index in [2.05, 4.69) is 14.9 Å². The van der Waals surface area contributed by atoms with Gasteiger partial charge in [0.05, 0.1) is 0 Å². The monoisotopic (exact) mass is 292 g/mol. The van der Waals surface area contributed by atoms with Crippen LogP contribution in [0, 0.1) is 0 Å². The molecule has 0 aromatic carbocycles. The quantitative estimate of drug-likeness (QED) is 0.723. The summed E-state index contributed by atoms with van der Waals surface area (Å²) in [7, 11) is 0. The summed E-state index contributed by atoms with van der Waals surface area (Å²) in [5.74, 6) is -0.955. The van der Waals surface area contributed by atoms with Gasteiger partial charge in [0, 0.05) is 18.7 Å². The molecule has 0 fully saturated rings. The van der Waals surface area contributed by atoms with Gasteiger partial charge in [-0.15, -0.1) is 5.10 Å². The molecule has 1 rings (SSSR count). The van der Waals surface area contributed by atoms with Crippen molar-refractivity contribution < 1.29 is 27.4 Å². The number of aromatic nitrogens is 2. The van der Waals surface area contributed by atoms with E-state index in [0.29, 0.717) is 12.8 Å². The van der Waals surface area contributed by atoms with E-state index in [1.807, 2.05) is 6.92 Å². The van der Waals surface area contributed by atoms with Gasteiger partial charge < -0.3 is 9.47 Å². The Labute approximate surface area is 114 Å². The zero-order valence-electron chi connectivity index (χ0n) is 10.9. The van der Waals surface area contributed by atoms with Crippen LogP contribution in [-0.4, -0.2) is 35.1 Å². The van der Waals surface area contributed by atoms with Crippen molar-refractivity contribution in [2.75, 3.05) is 6.61 Å². The number of hydrogen-bond acceptors (Lipinski definition) is 5. The lowest BCUT2D eigenvalue weighted by atomic mass is 10.2. The molecule has 0 saturated carbocycles. The molecule has 112 valence electrons. The Bertz CT molecular complexity index is 412. The second-order valence-corrected chi connectivity index (χ2v) is 4.00. The van der Waals surface area contributed by atoms with Gasteiger partial charge in [-0.1, -0.05) is 13.3 Å². The SMILES string of the molecule is CCCCC(=O)OC(COc1cccnn1)C(F)(F)F. The Morgan fingerprint density at radius 3 is 2.75 bits per heavy atom. The summed E-state index contributed by atoms with van der Waals surface area (Å²) in [6, 6.07) is 2.83. The molecule has 0 aliphatic carbocycles. The van der Waals surface area contributed by atoms with E-state index in [1.54, 1.807) is 0 Å². The molecule has 5 nitrogen and oxygen atoms in total. The predicted octanol–water partition coefficient (Wildman–Crippen LogP) is 2.52. The van der Waals surface area contributed by atoms with Gasteiger partial charge in [0.15, 0.2) is 0 Å². The van der Waals surface area contributed by atoms with Crippen molar-refractivity contribution in [3.8, 4) is 5.88 Å². The molecule has 1 heterocycles. The lowest BCUT2D eigenvalue weighted by Gasteiger charge is -2.20. The summed E-state index contributed by atoms with van der Waals surface area (Å²) in [5, 5.41) is 6.94. The third kappa shape index (κ3) is 5.85. The van der Waals surface area contributed by atoms with Crippen LogP contribution >= 0.6 is 0 Å². The Morgan fingerprint density at radius 1 is 1.45 bits per heavy atom. The lowest BCUT2D eigenvalue weighted by molar-refractivity contribution is -0.227. The smallest absolute Gasteiger partial charge is 0.428 e. The molecular formula is C12H15F3N2O3. The number of carbonyl (C=O) groups excluding carboxylic acids is 1. The molecule has 1 atom stereocenters. The summed E-state index contributed by atoms with van der Waals surface area (Å²) in [6.07, 6.45) is -4.51. The first-order valence-corrected chi connectivity index (χ1v) is 6.10. The van der Waals surface area contributed by atoms with Gasteiger partial charge in [-0.2, -0.15) is 18.3 Å². The van der Waals surface area contributed by atoms with Gasteiger partial charge in [-0.05, 0) is 12.5 Å². The second kappa shape index (κ2) is 7.66. The molecule has 0 aliphatic heterocycles. The molecule has 8 heteroatoms. The molecule has 0 bridgehead atoms. The molecule has 0 saturated heterocycles. The number of unbranched alkanes of at least 4 members (excludes halogenated alkanes) is 1. The lowest BCUT2D eigenvalue weighted by Crippen LogP contribution is -2.38. The molecule has 0 radical (unpaired) electrons. The zero-order chi connectivity index (χ0) is 15.0. The van der Waals surface area contributed by atoms with Crippen LogP contribution in [-0.2, 0) is 9.53 Å². The minimum absolute atomic E-state index is 0.0474. The molecule has 20 heavy (non-hydrogen) atoms. The van der Waals surface area contributed by atoms with E-state index < -0.39 is 24.9 Å². The summed E-state index contributed by atoms with van der Waals surface area (Å²) >= 11 is 0. The van der Waals surface area contributed by atoms with E-state index in [4.69, 9.17) is 4.74 Å². The highest BCUT2D eigenvalue weighted by atomic mass is 19.4. The first kappa shape index (κ1) is 16.2. The van der Waals surface area contributed by atoms with Gasteiger partial charge in [0.1, 0.15) is 6.61 Å². The summed E-state index contributed by atoms with van der Waals surface area (Å²) in [5.41, 5.74) is 0. The van der Waals surface area contributed by atoms with Gasteiger partial charge in [0.25, 0.3) is 0 Å². The molecular weight excluding hydrogens is 277 g/mol. The summed E-state index contributed by atoms with van der Waals surface area (Å²) in [6.45, 7) is 0.978. The molecule has 0 amide bonds. The van der Waals surface area contributed by atoms with Crippen LogP contribution in [0.4, 0.5) is 13.2 Å². The first-order valence-electron chi connectivity index (χ1n) is 6.10. The van der Waals surface area contributed by atoms with Gasteiger partial charge in [-0.25, -0.2) is 0 Å². The normalized spacial score (nSPS) is 12.8. The number of ether oxygens (including phenoxy) is 2. The molecule has 0 aliphatic rings. The maximum absolute atomic E-state index is 12.7. The van der Waals surface area contributed by atoms with Crippen molar-refractivity contribution in [3.63, 3.8) is 0 Å². The second-order valence-electron chi connectivity index (χ2n) is 4.00. The number of rotatable bonds is 7. The number of nitrogens with zero attached hydrogens (tertiary/aromatic N) is 2. The summed E-state index contributed by atoms with van der Waals surface area (Å²) in [4.78, 5) is 11.3. The highest BCUT2D eigenvalue weighted by Crippen LogP contribution is 2.24. The maximum Gasteiger partial charge on any atom is 0.428 e. The fraction of sp³-hybridized carbons (Fsp3) is 0.583. The van der Waals surface area contributed by atoms with Crippen molar-refractivity contribution in [1.29, 1.82) is 0 Å². The number of esters is 1. The topological polar surface area (TPSA) is 61.3 Å². The van der Waals surface area contributed by atoms with E-state index in [0.717, 1.165) is 0 Å². The average molecular weight is 292 g/mol. The van der Waals surface area contributed by atoms with Crippen LogP contribution in [0.5, 0.6) is 5.88 Å². The van der Waals surface area contributed by atoms with Gasteiger partial charge in [0.2, 0.25) is 12.0 Å². The standard InChI is InChI=1S/C12H15F3N2O3/c1-2-3-6-11(18)20-9(12(13,14)15)8-19-10-5-4-7-16-17-10/h4-5,7,9H,2-3,6,8H2,1H3. The van der Waals surface area contributed by atoms with Crippen LogP contribution < -0.4 is 4.74 Å². The molecule has 0 N–H and O–H groups in total. The van der Waals surface area contributed by atoms with Crippen molar-refractivity contribution in [2.24, 2.45) is 0 Å². The van der Waals surface area contributed by atoms with E-state index in [1.165, 1.54) is 18.3 Å². The largest absolute Gasteiger partial charge is 0.472 e. The fourth-order valence-corrected chi connectivity index (χ4v) is 1.26.